The SMILES string of the molecule is O=C(NCCNC(=O)C1COc2ccc(Cl)cc2C1)c1ccc(Cl)cc1. The second-order valence-electron chi connectivity index (χ2n) is 6.02. The molecule has 136 valence electrons. The molecule has 1 aliphatic heterocycles. The van der Waals surface area contributed by atoms with Crippen molar-refractivity contribution in [1.29, 1.82) is 0 Å². The average molecular weight is 393 g/mol. The predicted octanol–water partition coefficient (Wildman–Crippen LogP) is 3.09. The van der Waals surface area contributed by atoms with Gasteiger partial charge in [-0.05, 0) is 54.4 Å². The van der Waals surface area contributed by atoms with Gasteiger partial charge in [-0.2, -0.15) is 0 Å². The molecule has 0 fully saturated rings. The molecule has 2 aromatic carbocycles. The van der Waals surface area contributed by atoms with E-state index in [9.17, 15) is 9.59 Å². The molecular formula is C19H18Cl2N2O3. The number of carbonyl (C=O) groups excluding carboxylic acids is 2. The van der Waals surface area contributed by atoms with Crippen molar-refractivity contribution < 1.29 is 14.3 Å². The first kappa shape index (κ1) is 18.5. The number of fused-ring (bicyclic) bond motifs is 1. The zero-order chi connectivity index (χ0) is 18.5. The summed E-state index contributed by atoms with van der Waals surface area (Å²) in [7, 11) is 0. The Balaban J connectivity index is 1.43. The van der Waals surface area contributed by atoms with E-state index in [-0.39, 0.29) is 17.7 Å². The van der Waals surface area contributed by atoms with Crippen molar-refractivity contribution >= 4 is 35.0 Å². The monoisotopic (exact) mass is 392 g/mol. The number of rotatable bonds is 5. The summed E-state index contributed by atoms with van der Waals surface area (Å²) in [5, 5.41) is 6.78. The van der Waals surface area contributed by atoms with Crippen LogP contribution in [0.3, 0.4) is 0 Å². The molecule has 0 bridgehead atoms. The number of halogens is 2. The van der Waals surface area contributed by atoms with Crippen LogP contribution in [-0.2, 0) is 11.2 Å². The van der Waals surface area contributed by atoms with Crippen molar-refractivity contribution in [2.45, 2.75) is 6.42 Å². The molecule has 2 amide bonds. The Morgan fingerprint density at radius 2 is 1.69 bits per heavy atom. The molecule has 3 rings (SSSR count). The average Bonchev–Trinajstić information content (AvgIpc) is 2.64. The van der Waals surface area contributed by atoms with E-state index in [1.54, 1.807) is 30.3 Å². The normalized spacial score (nSPS) is 15.5. The Hall–Kier alpha value is -2.24. The molecule has 2 aromatic rings. The molecule has 0 spiro atoms. The van der Waals surface area contributed by atoms with Gasteiger partial charge in [0.25, 0.3) is 5.91 Å². The lowest BCUT2D eigenvalue weighted by Crippen LogP contribution is -2.41. The Morgan fingerprint density at radius 1 is 1.00 bits per heavy atom. The van der Waals surface area contributed by atoms with Crippen molar-refractivity contribution in [3.05, 3.63) is 63.6 Å². The first-order valence-corrected chi connectivity index (χ1v) is 9.01. The number of amides is 2. The lowest BCUT2D eigenvalue weighted by molar-refractivity contribution is -0.126. The molecule has 26 heavy (non-hydrogen) atoms. The standard InChI is InChI=1S/C19H18Cl2N2O3/c20-15-3-1-12(2-4-15)18(24)22-7-8-23-19(25)14-9-13-10-16(21)5-6-17(13)26-11-14/h1-6,10,14H,7-9,11H2,(H,22,24)(H,23,25). The van der Waals surface area contributed by atoms with Gasteiger partial charge in [0.05, 0.1) is 5.92 Å². The minimum Gasteiger partial charge on any atom is -0.492 e. The molecule has 1 aliphatic rings. The topological polar surface area (TPSA) is 67.4 Å². The van der Waals surface area contributed by atoms with Crippen LogP contribution in [0.15, 0.2) is 42.5 Å². The zero-order valence-electron chi connectivity index (χ0n) is 13.9. The van der Waals surface area contributed by atoms with Crippen LogP contribution in [0.2, 0.25) is 10.0 Å². The van der Waals surface area contributed by atoms with Gasteiger partial charge < -0.3 is 15.4 Å². The number of ether oxygens (including phenoxy) is 1. The van der Waals surface area contributed by atoms with E-state index in [0.29, 0.717) is 41.7 Å². The summed E-state index contributed by atoms with van der Waals surface area (Å²) in [5.41, 5.74) is 1.45. The first-order chi connectivity index (χ1) is 12.5. The molecule has 5 nitrogen and oxygen atoms in total. The van der Waals surface area contributed by atoms with Crippen molar-refractivity contribution in [1.82, 2.24) is 10.6 Å². The van der Waals surface area contributed by atoms with Crippen LogP contribution in [0.1, 0.15) is 15.9 Å². The van der Waals surface area contributed by atoms with Gasteiger partial charge >= 0.3 is 0 Å². The predicted molar refractivity (Wildman–Crippen MR) is 101 cm³/mol. The molecular weight excluding hydrogens is 375 g/mol. The Morgan fingerprint density at radius 3 is 2.46 bits per heavy atom. The molecule has 1 atom stereocenters. The molecule has 2 N–H and O–H groups in total. The summed E-state index contributed by atoms with van der Waals surface area (Å²) in [6, 6.07) is 12.0. The van der Waals surface area contributed by atoms with Gasteiger partial charge in [0.2, 0.25) is 5.91 Å². The third-order valence-corrected chi connectivity index (χ3v) is 4.60. The number of hydrogen-bond donors (Lipinski definition) is 2. The third kappa shape index (κ3) is 4.68. The fourth-order valence-electron chi connectivity index (χ4n) is 2.74. The highest BCUT2D eigenvalue weighted by Crippen LogP contribution is 2.29. The fraction of sp³-hybridized carbons (Fsp3) is 0.263. The van der Waals surface area contributed by atoms with E-state index in [2.05, 4.69) is 10.6 Å². The van der Waals surface area contributed by atoms with Crippen molar-refractivity contribution in [2.24, 2.45) is 5.92 Å². The minimum absolute atomic E-state index is 0.101. The molecule has 0 saturated carbocycles. The summed E-state index contributed by atoms with van der Waals surface area (Å²) < 4.78 is 5.62. The number of nitrogens with one attached hydrogen (secondary N) is 2. The minimum atomic E-state index is -0.270. The molecule has 0 aromatic heterocycles. The second-order valence-corrected chi connectivity index (χ2v) is 6.89. The van der Waals surface area contributed by atoms with Crippen LogP contribution in [0, 0.1) is 5.92 Å². The largest absolute Gasteiger partial charge is 0.492 e. The Kier molecular flexibility index (Phi) is 6.01. The molecule has 1 heterocycles. The summed E-state index contributed by atoms with van der Waals surface area (Å²) in [6.07, 6.45) is 0.582. The van der Waals surface area contributed by atoms with E-state index >= 15 is 0 Å². The van der Waals surface area contributed by atoms with Crippen LogP contribution < -0.4 is 15.4 Å². The molecule has 0 aliphatic carbocycles. The zero-order valence-corrected chi connectivity index (χ0v) is 15.4. The van der Waals surface area contributed by atoms with E-state index in [1.807, 2.05) is 12.1 Å². The van der Waals surface area contributed by atoms with E-state index in [0.717, 1.165) is 11.3 Å². The van der Waals surface area contributed by atoms with Crippen LogP contribution in [0.5, 0.6) is 5.75 Å². The van der Waals surface area contributed by atoms with E-state index in [1.165, 1.54) is 0 Å². The second kappa shape index (κ2) is 8.43. The fourth-order valence-corrected chi connectivity index (χ4v) is 3.06. The lowest BCUT2D eigenvalue weighted by Gasteiger charge is -2.24. The van der Waals surface area contributed by atoms with Crippen molar-refractivity contribution in [2.75, 3.05) is 19.7 Å². The van der Waals surface area contributed by atoms with Gasteiger partial charge in [0.15, 0.2) is 0 Å². The quantitative estimate of drug-likeness (QED) is 0.768. The van der Waals surface area contributed by atoms with Crippen molar-refractivity contribution in [3.63, 3.8) is 0 Å². The highest BCUT2D eigenvalue weighted by molar-refractivity contribution is 6.31. The summed E-state index contributed by atoms with van der Waals surface area (Å²) >= 11 is 11.8. The maximum absolute atomic E-state index is 12.3. The summed E-state index contributed by atoms with van der Waals surface area (Å²) in [6.45, 7) is 1.01. The first-order valence-electron chi connectivity index (χ1n) is 8.25. The Bertz CT molecular complexity index is 809. The smallest absolute Gasteiger partial charge is 0.251 e. The van der Waals surface area contributed by atoms with Gasteiger partial charge in [0, 0.05) is 28.7 Å². The lowest BCUT2D eigenvalue weighted by atomic mass is 9.96. The van der Waals surface area contributed by atoms with Gasteiger partial charge in [0.1, 0.15) is 12.4 Å². The van der Waals surface area contributed by atoms with Gasteiger partial charge in [-0.3, -0.25) is 9.59 Å². The van der Waals surface area contributed by atoms with Crippen LogP contribution in [0.25, 0.3) is 0 Å². The molecule has 0 radical (unpaired) electrons. The number of carbonyl (C=O) groups is 2. The van der Waals surface area contributed by atoms with E-state index in [4.69, 9.17) is 27.9 Å². The van der Waals surface area contributed by atoms with Crippen LogP contribution in [0.4, 0.5) is 0 Å². The van der Waals surface area contributed by atoms with E-state index < -0.39 is 0 Å². The number of hydrogen-bond acceptors (Lipinski definition) is 3. The molecule has 7 heteroatoms. The molecule has 1 unspecified atom stereocenters. The third-order valence-electron chi connectivity index (χ3n) is 4.12. The maximum Gasteiger partial charge on any atom is 0.251 e. The summed E-state index contributed by atoms with van der Waals surface area (Å²) in [4.78, 5) is 24.3. The van der Waals surface area contributed by atoms with Gasteiger partial charge in [-0.1, -0.05) is 23.2 Å². The van der Waals surface area contributed by atoms with Crippen LogP contribution in [-0.4, -0.2) is 31.5 Å². The van der Waals surface area contributed by atoms with Gasteiger partial charge in [-0.25, -0.2) is 0 Å². The maximum atomic E-state index is 12.3. The Labute approximate surface area is 161 Å². The highest BCUT2D eigenvalue weighted by Gasteiger charge is 2.25. The molecule has 0 saturated heterocycles. The number of benzene rings is 2. The van der Waals surface area contributed by atoms with Crippen molar-refractivity contribution in [3.8, 4) is 5.75 Å². The van der Waals surface area contributed by atoms with Crippen LogP contribution >= 0.6 is 23.2 Å². The summed E-state index contributed by atoms with van der Waals surface area (Å²) in [5.74, 6) is 0.193. The highest BCUT2D eigenvalue weighted by atomic mass is 35.5. The van der Waals surface area contributed by atoms with Gasteiger partial charge in [-0.15, -0.1) is 0 Å².